The molecule has 1 amide bonds. The molecule has 20 heavy (non-hydrogen) atoms. The molecule has 0 aliphatic carbocycles. The van der Waals surface area contributed by atoms with Crippen LogP contribution in [0.2, 0.25) is 0 Å². The Bertz CT molecular complexity index is 561. The quantitative estimate of drug-likeness (QED) is 0.826. The zero-order valence-electron chi connectivity index (χ0n) is 10.9. The number of aromatic nitrogens is 1. The van der Waals surface area contributed by atoms with E-state index in [1.165, 1.54) is 0 Å². The summed E-state index contributed by atoms with van der Waals surface area (Å²) in [6, 6.07) is 11.4. The lowest BCUT2D eigenvalue weighted by molar-refractivity contribution is 0.0951. The number of benzene rings is 1. The smallest absolute Gasteiger partial charge is 0.252 e. The van der Waals surface area contributed by atoms with Crippen LogP contribution in [0.15, 0.2) is 53.3 Å². The summed E-state index contributed by atoms with van der Waals surface area (Å²) in [6.07, 6.45) is 3.94. The number of carbonyl (C=O) groups is 1. The van der Waals surface area contributed by atoms with Gasteiger partial charge in [-0.2, -0.15) is 0 Å². The van der Waals surface area contributed by atoms with Gasteiger partial charge in [-0.15, -0.1) is 0 Å². The standard InChI is InChI=1S/C15H15BrN2O2/c16-13-9-12(10-17-11-13)15(19)18-7-4-8-20-14-5-2-1-3-6-14/h1-3,5-6,9-11H,4,7-8H2,(H,18,19). The average molecular weight is 335 g/mol. The fraction of sp³-hybridized carbons (Fsp3) is 0.200. The van der Waals surface area contributed by atoms with E-state index < -0.39 is 0 Å². The van der Waals surface area contributed by atoms with Crippen molar-refractivity contribution >= 4 is 21.8 Å². The Morgan fingerprint density at radius 3 is 2.80 bits per heavy atom. The fourth-order valence-corrected chi connectivity index (χ4v) is 1.98. The molecule has 0 fully saturated rings. The van der Waals surface area contributed by atoms with Crippen molar-refractivity contribution in [2.75, 3.05) is 13.2 Å². The number of halogens is 1. The third-order valence-corrected chi connectivity index (χ3v) is 3.02. The van der Waals surface area contributed by atoms with Gasteiger partial charge in [0.1, 0.15) is 5.75 Å². The molecule has 104 valence electrons. The lowest BCUT2D eigenvalue weighted by Crippen LogP contribution is -2.25. The summed E-state index contributed by atoms with van der Waals surface area (Å²) in [6.45, 7) is 1.14. The summed E-state index contributed by atoms with van der Waals surface area (Å²) in [5.74, 6) is 0.716. The van der Waals surface area contributed by atoms with Gasteiger partial charge in [0.25, 0.3) is 5.91 Å². The highest BCUT2D eigenvalue weighted by Crippen LogP contribution is 2.10. The van der Waals surface area contributed by atoms with Gasteiger partial charge >= 0.3 is 0 Å². The van der Waals surface area contributed by atoms with E-state index in [1.807, 2.05) is 30.3 Å². The van der Waals surface area contributed by atoms with Gasteiger partial charge in [0.2, 0.25) is 0 Å². The number of hydrogen-bond donors (Lipinski definition) is 1. The number of nitrogens with one attached hydrogen (secondary N) is 1. The predicted molar refractivity (Wildman–Crippen MR) is 80.8 cm³/mol. The van der Waals surface area contributed by atoms with E-state index in [4.69, 9.17) is 4.74 Å². The molecule has 0 bridgehead atoms. The highest BCUT2D eigenvalue weighted by molar-refractivity contribution is 9.10. The maximum atomic E-state index is 11.8. The van der Waals surface area contributed by atoms with Crippen molar-refractivity contribution in [3.05, 3.63) is 58.8 Å². The molecule has 1 aromatic carbocycles. The summed E-state index contributed by atoms with van der Waals surface area (Å²) in [4.78, 5) is 15.8. The summed E-state index contributed by atoms with van der Waals surface area (Å²) in [5, 5.41) is 2.83. The largest absolute Gasteiger partial charge is 0.494 e. The second kappa shape index (κ2) is 7.65. The molecule has 0 aliphatic heterocycles. The molecule has 2 aromatic rings. The van der Waals surface area contributed by atoms with Crippen molar-refractivity contribution in [2.24, 2.45) is 0 Å². The van der Waals surface area contributed by atoms with Crippen LogP contribution in [0.1, 0.15) is 16.8 Å². The molecule has 0 saturated heterocycles. The van der Waals surface area contributed by atoms with Crippen molar-refractivity contribution in [2.45, 2.75) is 6.42 Å². The normalized spacial score (nSPS) is 10.1. The van der Waals surface area contributed by atoms with E-state index in [2.05, 4.69) is 26.2 Å². The molecule has 0 atom stereocenters. The van der Waals surface area contributed by atoms with Crippen molar-refractivity contribution in [3.63, 3.8) is 0 Å². The van der Waals surface area contributed by atoms with Gasteiger partial charge in [-0.3, -0.25) is 9.78 Å². The number of carbonyl (C=O) groups excluding carboxylic acids is 1. The Hall–Kier alpha value is -1.88. The van der Waals surface area contributed by atoms with Gasteiger partial charge in [0.05, 0.1) is 12.2 Å². The van der Waals surface area contributed by atoms with Crippen LogP contribution in [-0.4, -0.2) is 24.0 Å². The van der Waals surface area contributed by atoms with Gasteiger partial charge in [0, 0.05) is 23.4 Å². The van der Waals surface area contributed by atoms with Crippen LogP contribution >= 0.6 is 15.9 Å². The Morgan fingerprint density at radius 2 is 2.05 bits per heavy atom. The lowest BCUT2D eigenvalue weighted by atomic mass is 10.2. The first kappa shape index (κ1) is 14.5. The van der Waals surface area contributed by atoms with E-state index in [0.29, 0.717) is 18.7 Å². The van der Waals surface area contributed by atoms with Gasteiger partial charge in [-0.1, -0.05) is 18.2 Å². The van der Waals surface area contributed by atoms with Crippen LogP contribution in [0.3, 0.4) is 0 Å². The zero-order chi connectivity index (χ0) is 14.2. The molecule has 0 radical (unpaired) electrons. The minimum Gasteiger partial charge on any atom is -0.494 e. The molecule has 1 heterocycles. The fourth-order valence-electron chi connectivity index (χ4n) is 1.62. The zero-order valence-corrected chi connectivity index (χ0v) is 12.5. The van der Waals surface area contributed by atoms with Crippen molar-refractivity contribution in [3.8, 4) is 5.75 Å². The molecule has 0 aliphatic rings. The number of para-hydroxylation sites is 1. The maximum absolute atomic E-state index is 11.8. The molecule has 0 saturated carbocycles. The van der Waals surface area contributed by atoms with Gasteiger partial charge in [-0.05, 0) is 40.5 Å². The lowest BCUT2D eigenvalue weighted by Gasteiger charge is -2.07. The summed E-state index contributed by atoms with van der Waals surface area (Å²) < 4.78 is 6.33. The number of ether oxygens (including phenoxy) is 1. The minimum absolute atomic E-state index is 0.126. The highest BCUT2D eigenvalue weighted by Gasteiger charge is 2.05. The van der Waals surface area contributed by atoms with Gasteiger partial charge in [0.15, 0.2) is 0 Å². The van der Waals surface area contributed by atoms with E-state index in [-0.39, 0.29) is 5.91 Å². The van der Waals surface area contributed by atoms with E-state index >= 15 is 0 Å². The second-order valence-corrected chi connectivity index (χ2v) is 5.08. The monoisotopic (exact) mass is 334 g/mol. The molecular formula is C15H15BrN2O2. The van der Waals surface area contributed by atoms with Gasteiger partial charge < -0.3 is 10.1 Å². The van der Waals surface area contributed by atoms with Crippen LogP contribution in [0.5, 0.6) is 5.75 Å². The maximum Gasteiger partial charge on any atom is 0.252 e. The van der Waals surface area contributed by atoms with Crippen molar-refractivity contribution in [1.82, 2.24) is 10.3 Å². The first-order valence-electron chi connectivity index (χ1n) is 6.32. The molecule has 1 N–H and O–H groups in total. The molecule has 4 nitrogen and oxygen atoms in total. The highest BCUT2D eigenvalue weighted by atomic mass is 79.9. The van der Waals surface area contributed by atoms with Crippen molar-refractivity contribution < 1.29 is 9.53 Å². The van der Waals surface area contributed by atoms with E-state index in [9.17, 15) is 4.79 Å². The second-order valence-electron chi connectivity index (χ2n) is 4.16. The third kappa shape index (κ3) is 4.66. The summed E-state index contributed by atoms with van der Waals surface area (Å²) >= 11 is 3.29. The Balaban J connectivity index is 1.67. The van der Waals surface area contributed by atoms with Crippen molar-refractivity contribution in [1.29, 1.82) is 0 Å². The molecule has 1 aromatic heterocycles. The third-order valence-electron chi connectivity index (χ3n) is 2.59. The first-order chi connectivity index (χ1) is 9.75. The number of amides is 1. The Labute approximate surface area is 126 Å². The van der Waals surface area contributed by atoms with Crippen LogP contribution in [0.4, 0.5) is 0 Å². The van der Waals surface area contributed by atoms with Crippen LogP contribution in [-0.2, 0) is 0 Å². The topological polar surface area (TPSA) is 51.2 Å². The van der Waals surface area contributed by atoms with Crippen LogP contribution in [0, 0.1) is 0 Å². The Morgan fingerprint density at radius 1 is 1.25 bits per heavy atom. The first-order valence-corrected chi connectivity index (χ1v) is 7.11. The molecular weight excluding hydrogens is 320 g/mol. The SMILES string of the molecule is O=C(NCCCOc1ccccc1)c1cncc(Br)c1. The van der Waals surface area contributed by atoms with Gasteiger partial charge in [-0.25, -0.2) is 0 Å². The van der Waals surface area contributed by atoms with E-state index in [0.717, 1.165) is 16.6 Å². The molecule has 0 spiro atoms. The predicted octanol–water partition coefficient (Wildman–Crippen LogP) is 3.04. The Kier molecular flexibility index (Phi) is 5.55. The number of rotatable bonds is 6. The molecule has 0 unspecified atom stereocenters. The number of pyridine rings is 1. The summed E-state index contributed by atoms with van der Waals surface area (Å²) in [7, 11) is 0. The average Bonchev–Trinajstić information content (AvgIpc) is 2.48. The summed E-state index contributed by atoms with van der Waals surface area (Å²) in [5.41, 5.74) is 0.545. The molecule has 2 rings (SSSR count). The number of nitrogens with zero attached hydrogens (tertiary/aromatic N) is 1. The van der Waals surface area contributed by atoms with E-state index in [1.54, 1.807) is 18.5 Å². The van der Waals surface area contributed by atoms with Crippen LogP contribution < -0.4 is 10.1 Å². The van der Waals surface area contributed by atoms with Crippen LogP contribution in [0.25, 0.3) is 0 Å². The minimum atomic E-state index is -0.126. The molecule has 5 heteroatoms. The number of hydrogen-bond acceptors (Lipinski definition) is 3.